The van der Waals surface area contributed by atoms with E-state index in [0.29, 0.717) is 0 Å². The predicted molar refractivity (Wildman–Crippen MR) is 103 cm³/mol. The molecule has 1 amide bonds. The summed E-state index contributed by atoms with van der Waals surface area (Å²) < 4.78 is 0. The highest BCUT2D eigenvalue weighted by Gasteiger charge is 2.15. The van der Waals surface area contributed by atoms with Gasteiger partial charge in [-0.25, -0.2) is 0 Å². The van der Waals surface area contributed by atoms with Crippen LogP contribution in [0.3, 0.4) is 0 Å². The van der Waals surface area contributed by atoms with Crippen molar-refractivity contribution in [2.45, 2.75) is 59.4 Å². The molecule has 1 rings (SSSR count). The average molecular weight is 341 g/mol. The van der Waals surface area contributed by atoms with Gasteiger partial charge in [0.25, 0.3) is 5.91 Å². The van der Waals surface area contributed by atoms with E-state index in [1.165, 1.54) is 5.56 Å². The number of unbranched alkanes of at least 4 members (excludes halogenated alkanes) is 1. The maximum absolute atomic E-state index is 12.5. The highest BCUT2D eigenvalue weighted by atomic mass is 16.1. The Hall–Kier alpha value is -2.28. The Bertz CT molecular complexity index is 599. The molecule has 1 N–H and O–H groups in total. The Morgan fingerprint density at radius 2 is 1.88 bits per heavy atom. The molecule has 25 heavy (non-hydrogen) atoms. The van der Waals surface area contributed by atoms with Crippen molar-refractivity contribution in [3.05, 3.63) is 47.2 Å². The zero-order chi connectivity index (χ0) is 18.7. The van der Waals surface area contributed by atoms with Crippen LogP contribution in [-0.2, 0) is 11.2 Å². The fourth-order valence-corrected chi connectivity index (χ4v) is 2.61. The molecule has 0 aromatic heterocycles. The molecule has 0 saturated carbocycles. The van der Waals surface area contributed by atoms with E-state index in [4.69, 9.17) is 0 Å². The number of carbonyl (C=O) groups is 1. The van der Waals surface area contributed by atoms with Gasteiger partial charge < -0.3 is 10.2 Å². The van der Waals surface area contributed by atoms with Crippen molar-refractivity contribution >= 4 is 5.91 Å². The molecule has 1 aromatic rings. The van der Waals surface area contributed by atoms with Crippen LogP contribution < -0.4 is 5.32 Å². The summed E-state index contributed by atoms with van der Waals surface area (Å²) in [5.41, 5.74) is 2.48. The summed E-state index contributed by atoms with van der Waals surface area (Å²) in [6, 6.07) is 10.1. The number of nitrogens with zero attached hydrogens (tertiary/aromatic N) is 2. The van der Waals surface area contributed by atoms with Crippen molar-refractivity contribution in [2.24, 2.45) is 0 Å². The highest BCUT2D eigenvalue weighted by molar-refractivity contribution is 5.97. The third-order valence-corrected chi connectivity index (χ3v) is 4.22. The number of nitrogens with one attached hydrogen (secondary N) is 1. The zero-order valence-electron chi connectivity index (χ0n) is 16.0. The first-order valence-electron chi connectivity index (χ1n) is 9.31. The lowest BCUT2D eigenvalue weighted by atomic mass is 10.0. The third-order valence-electron chi connectivity index (χ3n) is 4.22. The number of benzene rings is 1. The molecule has 136 valence electrons. The third kappa shape index (κ3) is 7.01. The summed E-state index contributed by atoms with van der Waals surface area (Å²) in [4.78, 5) is 14.5. The summed E-state index contributed by atoms with van der Waals surface area (Å²) >= 11 is 0. The van der Waals surface area contributed by atoms with Gasteiger partial charge in [0.2, 0.25) is 0 Å². The fraction of sp³-hybridized carbons (Fsp3) is 0.524. The number of carbonyl (C=O) groups excluding carboxylic acids is 1. The standard InChI is InChI=1S/C21H31N3O/c1-5-8-14-24(13-6-2)16-20(15-22)21(25)23-17(4)19-11-9-18(7-3)10-12-19/h9-12,16-17H,5-8,13-14H2,1-4H3,(H,23,25)/b20-16-. The van der Waals surface area contributed by atoms with Gasteiger partial charge in [-0.3, -0.25) is 4.79 Å². The molecule has 0 spiro atoms. The molecule has 0 radical (unpaired) electrons. The van der Waals surface area contributed by atoms with E-state index in [9.17, 15) is 10.1 Å². The van der Waals surface area contributed by atoms with Crippen LogP contribution in [0.4, 0.5) is 0 Å². The van der Waals surface area contributed by atoms with Crippen LogP contribution in [0.2, 0.25) is 0 Å². The van der Waals surface area contributed by atoms with Crippen molar-refractivity contribution in [3.63, 3.8) is 0 Å². The van der Waals surface area contributed by atoms with E-state index in [-0.39, 0.29) is 17.5 Å². The topological polar surface area (TPSA) is 56.1 Å². The van der Waals surface area contributed by atoms with Gasteiger partial charge in [-0.05, 0) is 37.3 Å². The molecular formula is C21H31N3O. The van der Waals surface area contributed by atoms with Crippen molar-refractivity contribution in [1.29, 1.82) is 5.26 Å². The molecule has 1 unspecified atom stereocenters. The molecule has 4 heteroatoms. The van der Waals surface area contributed by atoms with Gasteiger partial charge in [-0.15, -0.1) is 0 Å². The molecule has 0 fully saturated rings. The molecule has 1 aromatic carbocycles. The monoisotopic (exact) mass is 341 g/mol. The van der Waals surface area contributed by atoms with Crippen LogP contribution in [0.5, 0.6) is 0 Å². The van der Waals surface area contributed by atoms with Crippen LogP contribution in [0.25, 0.3) is 0 Å². The lowest BCUT2D eigenvalue weighted by molar-refractivity contribution is -0.117. The van der Waals surface area contributed by atoms with Crippen LogP contribution in [0, 0.1) is 11.3 Å². The lowest BCUT2D eigenvalue weighted by Crippen LogP contribution is -2.29. The molecular weight excluding hydrogens is 310 g/mol. The molecule has 0 bridgehead atoms. The highest BCUT2D eigenvalue weighted by Crippen LogP contribution is 2.14. The molecule has 1 atom stereocenters. The van der Waals surface area contributed by atoms with Crippen molar-refractivity contribution in [3.8, 4) is 6.07 Å². The van der Waals surface area contributed by atoms with Crippen molar-refractivity contribution in [2.75, 3.05) is 13.1 Å². The van der Waals surface area contributed by atoms with Crippen LogP contribution in [-0.4, -0.2) is 23.9 Å². The quantitative estimate of drug-likeness (QED) is 0.508. The largest absolute Gasteiger partial charge is 0.376 e. The molecule has 0 saturated heterocycles. The Balaban J connectivity index is 2.79. The Morgan fingerprint density at radius 3 is 2.40 bits per heavy atom. The van der Waals surface area contributed by atoms with E-state index >= 15 is 0 Å². The lowest BCUT2D eigenvalue weighted by Gasteiger charge is -2.20. The average Bonchev–Trinajstić information content (AvgIpc) is 2.63. The van der Waals surface area contributed by atoms with E-state index in [2.05, 4.69) is 43.1 Å². The summed E-state index contributed by atoms with van der Waals surface area (Å²) in [5, 5.41) is 12.3. The second-order valence-electron chi connectivity index (χ2n) is 6.33. The summed E-state index contributed by atoms with van der Waals surface area (Å²) in [5.74, 6) is -0.313. The van der Waals surface area contributed by atoms with Gasteiger partial charge in [0.1, 0.15) is 11.6 Å². The maximum Gasteiger partial charge on any atom is 0.263 e. The minimum absolute atomic E-state index is 0.134. The molecule has 0 aliphatic carbocycles. The van der Waals surface area contributed by atoms with Crippen LogP contribution in [0.1, 0.15) is 64.1 Å². The number of rotatable bonds is 10. The van der Waals surface area contributed by atoms with Gasteiger partial charge in [0.15, 0.2) is 0 Å². The number of aryl methyl sites for hydroxylation is 1. The van der Waals surface area contributed by atoms with Gasteiger partial charge >= 0.3 is 0 Å². The fourth-order valence-electron chi connectivity index (χ4n) is 2.61. The number of hydrogen-bond donors (Lipinski definition) is 1. The normalized spacial score (nSPS) is 12.4. The minimum atomic E-state index is -0.313. The van der Waals surface area contributed by atoms with Gasteiger partial charge in [0.05, 0.1) is 6.04 Å². The Labute approximate surface area is 152 Å². The Morgan fingerprint density at radius 1 is 1.20 bits per heavy atom. The second kappa shape index (κ2) is 11.3. The Kier molecular flexibility index (Phi) is 9.39. The van der Waals surface area contributed by atoms with Gasteiger partial charge in [-0.2, -0.15) is 5.26 Å². The molecule has 4 nitrogen and oxygen atoms in total. The van der Waals surface area contributed by atoms with E-state index < -0.39 is 0 Å². The van der Waals surface area contributed by atoms with Gasteiger partial charge in [-0.1, -0.05) is 51.5 Å². The first kappa shape index (κ1) is 20.8. The molecule has 0 aliphatic heterocycles. The van der Waals surface area contributed by atoms with E-state index in [0.717, 1.165) is 44.3 Å². The predicted octanol–water partition coefficient (Wildman–Crippen LogP) is 4.35. The molecule has 0 aliphatic rings. The summed E-state index contributed by atoms with van der Waals surface area (Å²) in [6.07, 6.45) is 5.83. The number of hydrogen-bond acceptors (Lipinski definition) is 3. The maximum atomic E-state index is 12.5. The summed E-state index contributed by atoms with van der Waals surface area (Å²) in [7, 11) is 0. The van der Waals surface area contributed by atoms with Crippen LogP contribution in [0.15, 0.2) is 36.0 Å². The second-order valence-corrected chi connectivity index (χ2v) is 6.33. The SMILES string of the molecule is CCCCN(/C=C(/C#N)C(=O)NC(C)c1ccc(CC)cc1)CCC. The summed E-state index contributed by atoms with van der Waals surface area (Å²) in [6.45, 7) is 10.0. The van der Waals surface area contributed by atoms with E-state index in [1.807, 2.05) is 25.1 Å². The van der Waals surface area contributed by atoms with E-state index in [1.54, 1.807) is 6.20 Å². The molecule has 0 heterocycles. The van der Waals surface area contributed by atoms with Gasteiger partial charge in [0, 0.05) is 19.3 Å². The van der Waals surface area contributed by atoms with Crippen molar-refractivity contribution in [1.82, 2.24) is 10.2 Å². The minimum Gasteiger partial charge on any atom is -0.376 e. The number of amides is 1. The number of nitriles is 1. The first-order valence-corrected chi connectivity index (χ1v) is 9.31. The van der Waals surface area contributed by atoms with Crippen molar-refractivity contribution < 1.29 is 4.79 Å². The smallest absolute Gasteiger partial charge is 0.263 e. The zero-order valence-corrected chi connectivity index (χ0v) is 16.0. The first-order chi connectivity index (χ1) is 12.0. The van der Waals surface area contributed by atoms with Crippen LogP contribution >= 0.6 is 0 Å².